The quantitative estimate of drug-likeness (QED) is 0.418. The van der Waals surface area contributed by atoms with E-state index in [0.29, 0.717) is 18.0 Å². The Bertz CT molecular complexity index is 1590. The Morgan fingerprint density at radius 1 is 1.09 bits per heavy atom. The molecule has 1 aliphatic heterocycles. The summed E-state index contributed by atoms with van der Waals surface area (Å²) < 4.78 is 7.74. The fourth-order valence-corrected chi connectivity index (χ4v) is 4.61. The van der Waals surface area contributed by atoms with Crippen LogP contribution in [0.25, 0.3) is 32.8 Å². The number of aromatic nitrogens is 4. The largest absolute Gasteiger partial charge is 0.491 e. The lowest BCUT2D eigenvalue weighted by Gasteiger charge is -2.24. The number of hydrogen-bond acceptors (Lipinski definition) is 6. The standard InChI is InChI=1S/C26H22N6O2/c1-31-13-17(11-29-31)15-3-5-19-23(14-34-24(19)10-15)32(2)26(33)16-4-6-22-20(9-16)21-12-28-8-7-18(21)25(27)30-22/h3-13,23H,14H2,1-2H3,(H2,27,30). The number of nitrogen functional groups attached to an aromatic ring is 1. The van der Waals surface area contributed by atoms with Crippen LogP contribution in [0.15, 0.2) is 67.3 Å². The van der Waals surface area contributed by atoms with Gasteiger partial charge in [0.05, 0.1) is 17.8 Å². The second-order valence-corrected chi connectivity index (χ2v) is 8.55. The zero-order chi connectivity index (χ0) is 23.4. The summed E-state index contributed by atoms with van der Waals surface area (Å²) in [5, 5.41) is 6.78. The van der Waals surface area contributed by atoms with E-state index in [1.165, 1.54) is 0 Å². The Hall–Kier alpha value is -4.46. The molecular weight excluding hydrogens is 428 g/mol. The Morgan fingerprint density at radius 2 is 1.97 bits per heavy atom. The summed E-state index contributed by atoms with van der Waals surface area (Å²) in [6.45, 7) is 0.409. The van der Waals surface area contributed by atoms with Crippen LogP contribution in [0.5, 0.6) is 5.75 Å². The van der Waals surface area contributed by atoms with E-state index in [1.54, 1.807) is 28.0 Å². The molecule has 0 saturated heterocycles. The summed E-state index contributed by atoms with van der Waals surface area (Å²) >= 11 is 0. The number of ether oxygens (including phenoxy) is 1. The first kappa shape index (κ1) is 20.2. The van der Waals surface area contributed by atoms with Gasteiger partial charge in [-0.25, -0.2) is 4.98 Å². The Morgan fingerprint density at radius 3 is 2.79 bits per heavy atom. The minimum atomic E-state index is -0.177. The van der Waals surface area contributed by atoms with E-state index in [2.05, 4.69) is 15.1 Å². The SMILES string of the molecule is CN(C(=O)c1ccc2nc(N)c3ccncc3c2c1)C1COc2cc(-c3cnn(C)c3)ccc21. The monoisotopic (exact) mass is 450 g/mol. The molecule has 0 aliphatic carbocycles. The zero-order valence-electron chi connectivity index (χ0n) is 18.8. The lowest BCUT2D eigenvalue weighted by Crippen LogP contribution is -2.32. The van der Waals surface area contributed by atoms with Gasteiger partial charge >= 0.3 is 0 Å². The normalized spacial score (nSPS) is 14.8. The van der Waals surface area contributed by atoms with Gasteiger partial charge in [0.15, 0.2) is 0 Å². The molecule has 2 aromatic carbocycles. The van der Waals surface area contributed by atoms with Crippen molar-refractivity contribution in [2.45, 2.75) is 6.04 Å². The van der Waals surface area contributed by atoms with Crippen molar-refractivity contribution in [1.82, 2.24) is 24.6 Å². The van der Waals surface area contributed by atoms with Crippen molar-refractivity contribution in [2.75, 3.05) is 19.4 Å². The van der Waals surface area contributed by atoms with Crippen LogP contribution in [0.2, 0.25) is 0 Å². The molecule has 4 heterocycles. The molecule has 0 radical (unpaired) electrons. The van der Waals surface area contributed by atoms with Crippen LogP contribution < -0.4 is 10.5 Å². The summed E-state index contributed by atoms with van der Waals surface area (Å²) in [5.74, 6) is 1.15. The molecule has 0 saturated carbocycles. The predicted molar refractivity (Wildman–Crippen MR) is 130 cm³/mol. The first-order chi connectivity index (χ1) is 16.5. The third-order valence-electron chi connectivity index (χ3n) is 6.47. The van der Waals surface area contributed by atoms with E-state index in [0.717, 1.165) is 44.1 Å². The molecule has 3 aromatic heterocycles. The number of amides is 1. The van der Waals surface area contributed by atoms with Gasteiger partial charge in [-0.1, -0.05) is 12.1 Å². The first-order valence-corrected chi connectivity index (χ1v) is 11.0. The second-order valence-electron chi connectivity index (χ2n) is 8.55. The van der Waals surface area contributed by atoms with Crippen LogP contribution >= 0.6 is 0 Å². The highest BCUT2D eigenvalue weighted by Crippen LogP contribution is 2.39. The van der Waals surface area contributed by atoms with E-state index in [-0.39, 0.29) is 11.9 Å². The van der Waals surface area contributed by atoms with Crippen molar-refractivity contribution < 1.29 is 9.53 Å². The minimum Gasteiger partial charge on any atom is -0.491 e. The average molecular weight is 451 g/mol. The number of likely N-dealkylation sites (N-methyl/N-ethyl adjacent to an activating group) is 1. The number of aryl methyl sites for hydroxylation is 1. The van der Waals surface area contributed by atoms with Gasteiger partial charge in [-0.2, -0.15) is 5.10 Å². The number of carbonyl (C=O) groups is 1. The number of anilines is 1. The van der Waals surface area contributed by atoms with Crippen LogP contribution in [-0.4, -0.2) is 44.2 Å². The van der Waals surface area contributed by atoms with Gasteiger partial charge < -0.3 is 15.4 Å². The fourth-order valence-electron chi connectivity index (χ4n) is 4.61. The van der Waals surface area contributed by atoms with Gasteiger partial charge in [-0.3, -0.25) is 14.5 Å². The third-order valence-corrected chi connectivity index (χ3v) is 6.47. The molecule has 0 spiro atoms. The van der Waals surface area contributed by atoms with Gasteiger partial charge in [-0.15, -0.1) is 0 Å². The molecule has 8 nitrogen and oxygen atoms in total. The van der Waals surface area contributed by atoms with Gasteiger partial charge in [-0.05, 0) is 35.9 Å². The van der Waals surface area contributed by atoms with Crippen molar-refractivity contribution in [2.24, 2.45) is 7.05 Å². The molecule has 6 rings (SSSR count). The van der Waals surface area contributed by atoms with E-state index >= 15 is 0 Å². The van der Waals surface area contributed by atoms with Crippen LogP contribution in [0.3, 0.4) is 0 Å². The zero-order valence-corrected chi connectivity index (χ0v) is 18.8. The second kappa shape index (κ2) is 7.55. The highest BCUT2D eigenvalue weighted by molar-refractivity contribution is 6.11. The van der Waals surface area contributed by atoms with Crippen molar-refractivity contribution in [3.05, 3.63) is 78.4 Å². The molecule has 2 N–H and O–H groups in total. The van der Waals surface area contributed by atoms with Crippen LogP contribution in [0, 0.1) is 0 Å². The summed E-state index contributed by atoms with van der Waals surface area (Å²) in [6.07, 6.45) is 7.23. The van der Waals surface area contributed by atoms with E-state index in [1.807, 2.05) is 62.9 Å². The van der Waals surface area contributed by atoms with Gasteiger partial charge in [0.25, 0.3) is 5.91 Å². The molecule has 0 fully saturated rings. The van der Waals surface area contributed by atoms with Crippen LogP contribution in [0.1, 0.15) is 22.0 Å². The minimum absolute atomic E-state index is 0.0893. The van der Waals surface area contributed by atoms with Crippen LogP contribution in [0.4, 0.5) is 5.82 Å². The molecule has 1 amide bonds. The van der Waals surface area contributed by atoms with Crippen molar-refractivity contribution in [3.63, 3.8) is 0 Å². The van der Waals surface area contributed by atoms with Crippen molar-refractivity contribution in [1.29, 1.82) is 0 Å². The topological polar surface area (TPSA) is 99.2 Å². The Balaban J connectivity index is 1.33. The number of rotatable bonds is 3. The number of benzene rings is 2. The lowest BCUT2D eigenvalue weighted by atomic mass is 10.0. The van der Waals surface area contributed by atoms with E-state index < -0.39 is 0 Å². The number of fused-ring (bicyclic) bond motifs is 4. The molecule has 5 aromatic rings. The summed E-state index contributed by atoms with van der Waals surface area (Å²) in [4.78, 5) is 23.9. The van der Waals surface area contributed by atoms with Crippen LogP contribution in [-0.2, 0) is 7.05 Å². The molecule has 168 valence electrons. The van der Waals surface area contributed by atoms with Crippen molar-refractivity contribution in [3.8, 4) is 16.9 Å². The number of pyridine rings is 2. The maximum Gasteiger partial charge on any atom is 0.254 e. The van der Waals surface area contributed by atoms with Gasteiger partial charge in [0.1, 0.15) is 18.2 Å². The maximum absolute atomic E-state index is 13.5. The third kappa shape index (κ3) is 3.14. The molecule has 1 atom stereocenters. The molecular formula is C26H22N6O2. The van der Waals surface area contributed by atoms with Gasteiger partial charge in [0.2, 0.25) is 0 Å². The van der Waals surface area contributed by atoms with Gasteiger partial charge in [0, 0.05) is 65.5 Å². The average Bonchev–Trinajstić information content (AvgIpc) is 3.49. The Kier molecular flexibility index (Phi) is 4.48. The number of carbonyl (C=O) groups excluding carboxylic acids is 1. The number of nitrogens with zero attached hydrogens (tertiary/aromatic N) is 5. The maximum atomic E-state index is 13.5. The molecule has 34 heavy (non-hydrogen) atoms. The molecule has 8 heteroatoms. The van der Waals surface area contributed by atoms with E-state index in [9.17, 15) is 4.79 Å². The molecule has 1 aliphatic rings. The number of hydrogen-bond donors (Lipinski definition) is 1. The first-order valence-electron chi connectivity index (χ1n) is 11.0. The summed E-state index contributed by atoms with van der Waals surface area (Å²) in [5.41, 5.74) is 10.5. The number of nitrogens with two attached hydrogens (primary N) is 1. The molecule has 1 unspecified atom stereocenters. The predicted octanol–water partition coefficient (Wildman–Crippen LogP) is 3.97. The molecule has 0 bridgehead atoms. The summed E-state index contributed by atoms with van der Waals surface area (Å²) in [7, 11) is 3.70. The highest BCUT2D eigenvalue weighted by Gasteiger charge is 2.31. The Labute approximate surface area is 195 Å². The van der Waals surface area contributed by atoms with E-state index in [4.69, 9.17) is 10.5 Å². The smallest absolute Gasteiger partial charge is 0.254 e. The summed E-state index contributed by atoms with van der Waals surface area (Å²) in [6, 6.07) is 13.2. The van der Waals surface area contributed by atoms with Crippen molar-refractivity contribution >= 4 is 33.4 Å². The lowest BCUT2D eigenvalue weighted by molar-refractivity contribution is 0.0708. The fraction of sp³-hybridized carbons (Fsp3) is 0.154. The highest BCUT2D eigenvalue weighted by atomic mass is 16.5.